The maximum absolute atomic E-state index is 14.5. The number of rotatable bonds is 6. The zero-order chi connectivity index (χ0) is 22.1. The van der Waals surface area contributed by atoms with Crippen molar-refractivity contribution in [1.82, 2.24) is 9.55 Å². The monoisotopic (exact) mass is 444 g/mol. The number of hydrogen-bond donors (Lipinski definition) is 0. The van der Waals surface area contributed by atoms with Crippen LogP contribution in [0.15, 0.2) is 23.0 Å². The minimum Gasteiger partial charge on any atom is -0.489 e. The molecule has 0 aliphatic heterocycles. The van der Waals surface area contributed by atoms with Gasteiger partial charge in [0.15, 0.2) is 0 Å². The van der Waals surface area contributed by atoms with E-state index in [4.69, 9.17) is 21.1 Å². The van der Waals surface area contributed by atoms with Crippen LogP contribution in [0, 0.1) is 5.82 Å². The van der Waals surface area contributed by atoms with E-state index in [1.165, 1.54) is 6.92 Å². The van der Waals surface area contributed by atoms with Crippen LogP contribution in [0.25, 0.3) is 5.69 Å². The lowest BCUT2D eigenvalue weighted by molar-refractivity contribution is -0.291. The van der Waals surface area contributed by atoms with Crippen LogP contribution < -0.4 is 15.0 Å². The van der Waals surface area contributed by atoms with Gasteiger partial charge in [-0.15, -0.1) is 0 Å². The molecule has 0 N–H and O–H groups in total. The van der Waals surface area contributed by atoms with Gasteiger partial charge in [0.1, 0.15) is 17.3 Å². The molecule has 160 valence electrons. The third-order valence-electron chi connectivity index (χ3n) is 3.44. The van der Waals surface area contributed by atoms with Gasteiger partial charge in [0.05, 0.1) is 23.4 Å². The van der Waals surface area contributed by atoms with Crippen molar-refractivity contribution in [3.63, 3.8) is 0 Å². The molecule has 0 saturated heterocycles. The summed E-state index contributed by atoms with van der Waals surface area (Å²) in [5.74, 6) is -6.54. The first-order valence-electron chi connectivity index (χ1n) is 8.17. The molecule has 0 fully saturated rings. The molecular weight excluding hydrogens is 430 g/mol. The Labute approximate surface area is 165 Å². The van der Waals surface area contributed by atoms with E-state index < -0.39 is 40.9 Å². The molecule has 1 aromatic carbocycles. The van der Waals surface area contributed by atoms with E-state index in [0.29, 0.717) is 4.57 Å². The van der Waals surface area contributed by atoms with Crippen molar-refractivity contribution >= 4 is 11.6 Å². The lowest BCUT2D eigenvalue weighted by Gasteiger charge is -2.21. The number of ether oxygens (including phenoxy) is 2. The Hall–Kier alpha value is -2.43. The molecule has 0 unspecified atom stereocenters. The minimum atomic E-state index is -5.99. The van der Waals surface area contributed by atoms with E-state index in [0.717, 1.165) is 12.1 Å². The summed E-state index contributed by atoms with van der Waals surface area (Å²) in [4.78, 5) is 15.5. The fourth-order valence-electron chi connectivity index (χ4n) is 2.25. The van der Waals surface area contributed by atoms with Gasteiger partial charge in [-0.25, -0.2) is 8.96 Å². The number of nitrogens with zero attached hydrogens (tertiary/aromatic N) is 2. The fraction of sp³-hybridized carbons (Fsp3) is 0.412. The molecule has 0 saturated carbocycles. The summed E-state index contributed by atoms with van der Waals surface area (Å²) in [7, 11) is 0. The third-order valence-corrected chi connectivity index (χ3v) is 3.74. The molecule has 5 nitrogen and oxygen atoms in total. The van der Waals surface area contributed by atoms with Crippen LogP contribution >= 0.6 is 11.6 Å². The molecule has 0 aliphatic rings. The highest BCUT2D eigenvalue weighted by atomic mass is 35.5. The quantitative estimate of drug-likeness (QED) is 0.597. The minimum absolute atomic E-state index is 0.0347. The van der Waals surface area contributed by atoms with Crippen LogP contribution in [0.1, 0.15) is 26.5 Å². The second-order valence-corrected chi connectivity index (χ2v) is 6.41. The van der Waals surface area contributed by atoms with E-state index in [-0.39, 0.29) is 29.5 Å². The molecule has 2 aromatic rings. The SMILES string of the molecule is CCOc1nc(C(F)(F)C(F)(F)F)cc(=O)n1-c1cc(OC(C)C)c(Cl)cc1F. The second kappa shape index (κ2) is 8.13. The first kappa shape index (κ1) is 22.9. The van der Waals surface area contributed by atoms with E-state index in [1.54, 1.807) is 13.8 Å². The van der Waals surface area contributed by atoms with Gasteiger partial charge >= 0.3 is 18.1 Å². The maximum atomic E-state index is 14.5. The zero-order valence-electron chi connectivity index (χ0n) is 15.3. The summed E-state index contributed by atoms with van der Waals surface area (Å²) in [5.41, 5.74) is -3.84. The fourth-order valence-corrected chi connectivity index (χ4v) is 2.44. The van der Waals surface area contributed by atoms with Crippen molar-refractivity contribution in [1.29, 1.82) is 0 Å². The van der Waals surface area contributed by atoms with Crippen LogP contribution in [-0.2, 0) is 5.92 Å². The first-order valence-corrected chi connectivity index (χ1v) is 8.55. The lowest BCUT2D eigenvalue weighted by atomic mass is 10.2. The summed E-state index contributed by atoms with van der Waals surface area (Å²) in [6.07, 6.45) is -6.38. The molecule has 1 aromatic heterocycles. The van der Waals surface area contributed by atoms with Gasteiger partial charge in [-0.05, 0) is 26.8 Å². The Morgan fingerprint density at radius 3 is 2.31 bits per heavy atom. The average Bonchev–Trinajstić information content (AvgIpc) is 2.56. The highest BCUT2D eigenvalue weighted by molar-refractivity contribution is 6.32. The first-order chi connectivity index (χ1) is 13.3. The second-order valence-electron chi connectivity index (χ2n) is 6.00. The van der Waals surface area contributed by atoms with Crippen LogP contribution in [-0.4, -0.2) is 28.4 Å². The van der Waals surface area contributed by atoms with E-state index in [2.05, 4.69) is 4.98 Å². The zero-order valence-corrected chi connectivity index (χ0v) is 16.0. The molecule has 0 radical (unpaired) electrons. The Morgan fingerprint density at radius 1 is 1.17 bits per heavy atom. The van der Waals surface area contributed by atoms with Crippen molar-refractivity contribution < 1.29 is 35.8 Å². The standard InChI is InChI=1S/C17H15ClF6N2O3/c1-4-28-15-25-13(16(20,21)17(22,23)24)7-14(27)26(15)11-6-12(29-8(2)3)9(18)5-10(11)19/h5-8H,4H2,1-3H3. The summed E-state index contributed by atoms with van der Waals surface area (Å²) in [5, 5.41) is -0.140. The van der Waals surface area contributed by atoms with Gasteiger partial charge in [0, 0.05) is 12.1 Å². The van der Waals surface area contributed by atoms with Crippen LogP contribution in [0.3, 0.4) is 0 Å². The molecule has 0 spiro atoms. The number of alkyl halides is 5. The van der Waals surface area contributed by atoms with Gasteiger partial charge in [0.25, 0.3) is 5.56 Å². The predicted molar refractivity (Wildman–Crippen MR) is 91.7 cm³/mol. The van der Waals surface area contributed by atoms with Crippen molar-refractivity contribution in [2.45, 2.75) is 39.0 Å². The normalized spacial score (nSPS) is 12.4. The Balaban J connectivity index is 2.76. The molecule has 29 heavy (non-hydrogen) atoms. The Morgan fingerprint density at radius 2 is 1.79 bits per heavy atom. The number of benzene rings is 1. The van der Waals surface area contributed by atoms with E-state index >= 15 is 0 Å². The Bertz CT molecular complexity index is 959. The van der Waals surface area contributed by atoms with Crippen LogP contribution in [0.2, 0.25) is 5.02 Å². The molecule has 2 rings (SSSR count). The Kier molecular flexibility index (Phi) is 6.41. The van der Waals surface area contributed by atoms with Crippen molar-refractivity contribution in [3.8, 4) is 17.4 Å². The highest BCUT2D eigenvalue weighted by Crippen LogP contribution is 2.43. The van der Waals surface area contributed by atoms with E-state index in [9.17, 15) is 31.1 Å². The number of halogens is 7. The maximum Gasteiger partial charge on any atom is 0.459 e. The van der Waals surface area contributed by atoms with E-state index in [1.807, 2.05) is 0 Å². The molecule has 0 amide bonds. The number of aromatic nitrogens is 2. The summed E-state index contributed by atoms with van der Waals surface area (Å²) in [6.45, 7) is 4.41. The van der Waals surface area contributed by atoms with Crippen LogP contribution in [0.5, 0.6) is 11.8 Å². The highest BCUT2D eigenvalue weighted by Gasteiger charge is 2.60. The van der Waals surface area contributed by atoms with Gasteiger partial charge in [-0.2, -0.15) is 26.9 Å². The molecule has 12 heteroatoms. The van der Waals surface area contributed by atoms with Crippen molar-refractivity contribution in [2.24, 2.45) is 0 Å². The molecular formula is C17H15ClF6N2O3. The van der Waals surface area contributed by atoms with Crippen molar-refractivity contribution in [3.05, 3.63) is 45.1 Å². The predicted octanol–water partition coefficient (Wildman–Crippen LogP) is 4.87. The number of hydrogen-bond acceptors (Lipinski definition) is 4. The van der Waals surface area contributed by atoms with Crippen molar-refractivity contribution in [2.75, 3.05) is 6.61 Å². The molecule has 0 bridgehead atoms. The largest absolute Gasteiger partial charge is 0.489 e. The summed E-state index contributed by atoms with van der Waals surface area (Å²) < 4.78 is 90.4. The smallest absolute Gasteiger partial charge is 0.459 e. The molecule has 0 atom stereocenters. The third kappa shape index (κ3) is 4.60. The molecule has 0 aliphatic carbocycles. The van der Waals surface area contributed by atoms with Gasteiger partial charge in [0.2, 0.25) is 0 Å². The summed E-state index contributed by atoms with van der Waals surface area (Å²) in [6, 6.07) is 0.808. The van der Waals surface area contributed by atoms with Gasteiger partial charge in [-0.1, -0.05) is 11.6 Å². The lowest BCUT2D eigenvalue weighted by Crippen LogP contribution is -2.37. The van der Waals surface area contributed by atoms with Crippen LogP contribution in [0.4, 0.5) is 26.3 Å². The van der Waals surface area contributed by atoms with Gasteiger partial charge in [-0.3, -0.25) is 4.79 Å². The molecule has 1 heterocycles. The topological polar surface area (TPSA) is 53.3 Å². The summed E-state index contributed by atoms with van der Waals surface area (Å²) >= 11 is 5.89. The average molecular weight is 445 g/mol. The van der Waals surface area contributed by atoms with Gasteiger partial charge < -0.3 is 9.47 Å².